The van der Waals surface area contributed by atoms with Crippen LogP contribution < -0.4 is 5.32 Å². The van der Waals surface area contributed by atoms with Gasteiger partial charge in [-0.1, -0.05) is 57.3 Å². The molecule has 1 heterocycles. The first-order chi connectivity index (χ1) is 15.1. The highest BCUT2D eigenvalue weighted by Crippen LogP contribution is 2.56. The Kier molecular flexibility index (Phi) is 7.88. The molecule has 2 aliphatic carbocycles. The monoisotopic (exact) mass is 469 g/mol. The number of alkyl halides is 1. The maximum absolute atomic E-state index is 12.7. The minimum Gasteiger partial charge on any atom is -0.389 e. The molecule has 2 bridgehead atoms. The van der Waals surface area contributed by atoms with E-state index >= 15 is 0 Å². The number of carbonyl (C=O) groups excluding carboxylic acids is 2. The molecule has 0 radical (unpaired) electrons. The molecule has 1 saturated heterocycles. The van der Waals surface area contributed by atoms with E-state index in [4.69, 9.17) is 21.1 Å². The van der Waals surface area contributed by atoms with E-state index in [1.54, 1.807) is 6.08 Å². The van der Waals surface area contributed by atoms with Gasteiger partial charge in [-0.25, -0.2) is 0 Å². The second kappa shape index (κ2) is 9.94. The van der Waals surface area contributed by atoms with Gasteiger partial charge < -0.3 is 25.0 Å². The number of halogens is 1. The molecule has 8 atom stereocenters. The number of nitrogens with one attached hydrogen (secondary N) is 1. The van der Waals surface area contributed by atoms with Crippen molar-refractivity contribution in [2.75, 3.05) is 7.11 Å². The zero-order chi connectivity index (χ0) is 23.7. The van der Waals surface area contributed by atoms with Crippen molar-refractivity contribution >= 4 is 23.3 Å². The number of Topliss-reactive ketones (excluding diaryl/α,β-unsaturated/α-hetero) is 1. The number of aliphatic hydroxyl groups excluding tert-OH is 1. The van der Waals surface area contributed by atoms with Crippen LogP contribution in [0.2, 0.25) is 0 Å². The van der Waals surface area contributed by atoms with Crippen molar-refractivity contribution in [2.24, 2.45) is 5.92 Å². The average Bonchev–Trinajstić information content (AvgIpc) is 3.54. The van der Waals surface area contributed by atoms with Crippen molar-refractivity contribution in [3.8, 4) is 0 Å². The van der Waals surface area contributed by atoms with Gasteiger partial charge in [-0.2, -0.15) is 0 Å². The number of unbranched alkanes of at least 4 members (excludes halogenated alkanes) is 3. The number of fused-ring (bicyclic) bond motifs is 4. The highest BCUT2D eigenvalue weighted by Gasteiger charge is 2.79. The number of methoxy groups -OCH3 is 1. The number of amides is 1. The van der Waals surface area contributed by atoms with Crippen LogP contribution in [0, 0.1) is 5.92 Å². The molecule has 3 N–H and O–H groups in total. The fourth-order valence-electron chi connectivity index (χ4n) is 5.26. The minimum absolute atomic E-state index is 0.0290. The summed E-state index contributed by atoms with van der Waals surface area (Å²) in [6.45, 7) is 6.30. The Morgan fingerprint density at radius 2 is 2.09 bits per heavy atom. The van der Waals surface area contributed by atoms with Gasteiger partial charge in [-0.3, -0.25) is 9.59 Å². The van der Waals surface area contributed by atoms with Gasteiger partial charge in [0.25, 0.3) is 0 Å². The number of rotatable bonds is 10. The highest BCUT2D eigenvalue weighted by molar-refractivity contribution is 6.38. The van der Waals surface area contributed by atoms with Crippen LogP contribution in [0.25, 0.3) is 0 Å². The number of ketones is 1. The largest absolute Gasteiger partial charge is 0.389 e. The van der Waals surface area contributed by atoms with Crippen molar-refractivity contribution in [1.29, 1.82) is 0 Å². The van der Waals surface area contributed by atoms with Gasteiger partial charge in [0.05, 0.1) is 6.04 Å². The van der Waals surface area contributed by atoms with Gasteiger partial charge >= 0.3 is 0 Å². The summed E-state index contributed by atoms with van der Waals surface area (Å²) >= 11 is 6.57. The molecule has 0 spiro atoms. The van der Waals surface area contributed by atoms with Gasteiger partial charge in [0.2, 0.25) is 5.91 Å². The molecule has 180 valence electrons. The van der Waals surface area contributed by atoms with E-state index in [0.717, 1.165) is 12.0 Å². The van der Waals surface area contributed by atoms with Gasteiger partial charge in [-0.15, -0.1) is 11.6 Å². The Labute approximate surface area is 195 Å². The van der Waals surface area contributed by atoms with E-state index in [1.165, 1.54) is 38.9 Å². The Balaban J connectivity index is 1.62. The summed E-state index contributed by atoms with van der Waals surface area (Å²) in [4.78, 5) is 23.4. The lowest BCUT2D eigenvalue weighted by Crippen LogP contribution is -2.78. The van der Waals surface area contributed by atoms with Crippen LogP contribution in [0.5, 0.6) is 0 Å². The first kappa shape index (κ1) is 25.4. The summed E-state index contributed by atoms with van der Waals surface area (Å²) in [6.07, 6.45) is 7.11. The molecule has 3 aliphatic rings. The molecular formula is C24H36ClNO6. The molecule has 3 rings (SSSR count). The van der Waals surface area contributed by atoms with Gasteiger partial charge in [0, 0.05) is 19.6 Å². The molecule has 2 saturated carbocycles. The second-order valence-corrected chi connectivity index (χ2v) is 10.2. The quantitative estimate of drug-likeness (QED) is 0.149. The van der Waals surface area contributed by atoms with Crippen LogP contribution in [0.4, 0.5) is 0 Å². The van der Waals surface area contributed by atoms with E-state index in [0.29, 0.717) is 5.92 Å². The molecule has 0 aromatic rings. The fraction of sp³-hybridized carbons (Fsp3) is 0.750. The number of carbonyl (C=O) groups is 2. The van der Waals surface area contributed by atoms with Crippen LogP contribution >= 0.6 is 11.6 Å². The number of aliphatic hydroxyl groups is 2. The third-order valence-electron chi connectivity index (χ3n) is 6.94. The van der Waals surface area contributed by atoms with Crippen LogP contribution in [0.1, 0.15) is 59.3 Å². The Bertz CT molecular complexity index is 784. The zero-order valence-electron chi connectivity index (χ0n) is 19.3. The highest BCUT2D eigenvalue weighted by atomic mass is 35.5. The Hall–Kier alpha value is -1.25. The number of epoxide rings is 1. The molecule has 7 nitrogen and oxygen atoms in total. The number of hydrogen-bond acceptors (Lipinski definition) is 6. The van der Waals surface area contributed by atoms with E-state index in [-0.39, 0.29) is 6.42 Å². The molecule has 0 unspecified atom stereocenters. The Morgan fingerprint density at radius 1 is 1.38 bits per heavy atom. The van der Waals surface area contributed by atoms with Gasteiger partial charge in [0.15, 0.2) is 10.7 Å². The minimum atomic E-state index is -1.88. The van der Waals surface area contributed by atoms with E-state index in [9.17, 15) is 19.8 Å². The summed E-state index contributed by atoms with van der Waals surface area (Å²) in [5.74, 6) is -0.529. The van der Waals surface area contributed by atoms with Crippen molar-refractivity contribution in [1.82, 2.24) is 5.32 Å². The topological polar surface area (TPSA) is 108 Å². The smallest absolute Gasteiger partial charge is 0.244 e. The van der Waals surface area contributed by atoms with E-state index in [1.807, 2.05) is 6.92 Å². The maximum atomic E-state index is 12.7. The summed E-state index contributed by atoms with van der Waals surface area (Å²) in [7, 11) is 1.33. The third-order valence-corrected chi connectivity index (χ3v) is 7.54. The predicted molar refractivity (Wildman–Crippen MR) is 121 cm³/mol. The zero-order valence-corrected chi connectivity index (χ0v) is 20.1. The van der Waals surface area contributed by atoms with Crippen molar-refractivity contribution in [2.45, 2.75) is 100 Å². The first-order valence-electron chi connectivity index (χ1n) is 11.6. The van der Waals surface area contributed by atoms with Crippen LogP contribution in [0.3, 0.4) is 0 Å². The fourth-order valence-corrected chi connectivity index (χ4v) is 5.79. The molecular weight excluding hydrogens is 434 g/mol. The maximum Gasteiger partial charge on any atom is 0.244 e. The first-order valence-corrected chi connectivity index (χ1v) is 12.0. The van der Waals surface area contributed by atoms with E-state index < -0.39 is 52.6 Å². The van der Waals surface area contributed by atoms with Crippen molar-refractivity contribution < 1.29 is 29.3 Å². The summed E-state index contributed by atoms with van der Waals surface area (Å²) in [6, 6.07) is -0.920. The normalized spacial score (nSPS) is 39.7. The lowest BCUT2D eigenvalue weighted by Gasteiger charge is -2.54. The van der Waals surface area contributed by atoms with Crippen LogP contribution in [-0.2, 0) is 19.1 Å². The number of allylic oxidation sites excluding steroid dienone is 3. The van der Waals surface area contributed by atoms with Crippen LogP contribution in [0.15, 0.2) is 23.8 Å². The molecule has 1 aliphatic heterocycles. The Morgan fingerprint density at radius 3 is 2.75 bits per heavy atom. The molecule has 0 aromatic carbocycles. The van der Waals surface area contributed by atoms with Crippen LogP contribution in [-0.4, -0.2) is 69.9 Å². The molecule has 1 amide bonds. The molecule has 3 fully saturated rings. The lowest BCUT2D eigenvalue weighted by molar-refractivity contribution is -0.189. The third kappa shape index (κ3) is 4.68. The summed E-state index contributed by atoms with van der Waals surface area (Å²) in [5, 5.41) is 24.8. The SMILES string of the molecule is CCCCCC[C@@H](C)/C=C(C)/C=C\C(=O)N[C@H]1C[C@]2(O)[C@H]3O[C@H]3C(=O)[C@](Cl)([C@H]1O)[C@H]2OC. The van der Waals surface area contributed by atoms with Gasteiger partial charge in [0.1, 0.15) is 30.0 Å². The van der Waals surface area contributed by atoms with Crippen molar-refractivity contribution in [3.63, 3.8) is 0 Å². The molecule has 32 heavy (non-hydrogen) atoms. The standard InChI is InChI=1S/C24H36ClNO6/c1-5-6-7-8-9-14(2)12-15(3)10-11-17(27)26-16-13-23(30)21-18(32-21)20(29)24(25,19(16)28)22(23)31-4/h10-12,14,16,18-19,21-22,28,30H,5-9,13H2,1-4H3,(H,26,27)/b11-10-,15-12+/t14-,16+,18+,19+,21+,22+,23+,24-/m1/s1. The number of hydrogen-bond donors (Lipinski definition) is 3. The predicted octanol–water partition coefficient (Wildman–Crippen LogP) is 2.42. The molecule has 0 aromatic heterocycles. The lowest BCUT2D eigenvalue weighted by atomic mass is 9.62. The average molecular weight is 470 g/mol. The summed E-state index contributed by atoms with van der Waals surface area (Å²) < 4.78 is 10.7. The number of ether oxygens (including phenoxy) is 2. The second-order valence-electron chi connectivity index (χ2n) is 9.55. The summed E-state index contributed by atoms with van der Waals surface area (Å²) in [5.41, 5.74) is -0.598. The van der Waals surface area contributed by atoms with Crippen molar-refractivity contribution in [3.05, 3.63) is 23.8 Å². The van der Waals surface area contributed by atoms with E-state index in [2.05, 4.69) is 25.2 Å². The van der Waals surface area contributed by atoms with Gasteiger partial charge in [-0.05, 0) is 19.3 Å². The molecule has 8 heteroatoms.